The van der Waals surface area contributed by atoms with Crippen molar-refractivity contribution in [2.75, 3.05) is 0 Å². The maximum Gasteiger partial charge on any atom is 0.252 e. The number of nitrogens with one attached hydrogen (secondary N) is 1. The fourth-order valence-electron chi connectivity index (χ4n) is 2.51. The Morgan fingerprint density at radius 3 is 2.88 bits per heavy atom. The van der Waals surface area contributed by atoms with E-state index in [1.807, 2.05) is 0 Å². The van der Waals surface area contributed by atoms with Crippen LogP contribution >= 0.6 is 0 Å². The lowest BCUT2D eigenvalue weighted by molar-refractivity contribution is 0.100. The first-order chi connectivity index (χ1) is 8.25. The molecule has 5 heteroatoms. The van der Waals surface area contributed by atoms with Gasteiger partial charge in [-0.05, 0) is 12.8 Å². The van der Waals surface area contributed by atoms with Crippen LogP contribution in [0.25, 0.3) is 11.2 Å². The largest absolute Gasteiger partial charge is 0.365 e. The van der Waals surface area contributed by atoms with Crippen LogP contribution in [0.1, 0.15) is 47.7 Å². The SMILES string of the molecule is NC(=O)c1c[nH]c2ncc(C3CCCC3)nc12. The van der Waals surface area contributed by atoms with E-state index >= 15 is 0 Å². The van der Waals surface area contributed by atoms with Gasteiger partial charge in [-0.25, -0.2) is 9.97 Å². The Kier molecular flexibility index (Phi) is 2.31. The second-order valence-electron chi connectivity index (χ2n) is 4.54. The van der Waals surface area contributed by atoms with Crippen molar-refractivity contribution < 1.29 is 4.79 Å². The molecule has 88 valence electrons. The molecule has 1 saturated carbocycles. The van der Waals surface area contributed by atoms with Crippen molar-refractivity contribution in [3.63, 3.8) is 0 Å². The van der Waals surface area contributed by atoms with Crippen LogP contribution in [0.5, 0.6) is 0 Å². The molecule has 5 nitrogen and oxygen atoms in total. The number of carbonyl (C=O) groups excluding carboxylic acids is 1. The lowest BCUT2D eigenvalue weighted by atomic mass is 10.0. The summed E-state index contributed by atoms with van der Waals surface area (Å²) in [5.74, 6) is 0.0247. The van der Waals surface area contributed by atoms with Gasteiger partial charge in [0.25, 0.3) is 5.91 Å². The number of amides is 1. The summed E-state index contributed by atoms with van der Waals surface area (Å²) in [5.41, 5.74) is 7.93. The molecular weight excluding hydrogens is 216 g/mol. The number of hydrogen-bond donors (Lipinski definition) is 2. The van der Waals surface area contributed by atoms with Crippen LogP contribution in [0.4, 0.5) is 0 Å². The molecule has 1 aliphatic carbocycles. The first-order valence-corrected chi connectivity index (χ1v) is 5.89. The lowest BCUT2D eigenvalue weighted by Gasteiger charge is -2.07. The van der Waals surface area contributed by atoms with E-state index < -0.39 is 5.91 Å². The van der Waals surface area contributed by atoms with Crippen LogP contribution in [-0.4, -0.2) is 20.9 Å². The van der Waals surface area contributed by atoms with Crippen LogP contribution in [0.2, 0.25) is 0 Å². The van der Waals surface area contributed by atoms with E-state index in [2.05, 4.69) is 15.0 Å². The van der Waals surface area contributed by atoms with E-state index in [1.54, 1.807) is 12.4 Å². The Balaban J connectivity index is 2.09. The van der Waals surface area contributed by atoms with E-state index in [0.717, 1.165) is 18.5 Å². The second-order valence-corrected chi connectivity index (χ2v) is 4.54. The summed E-state index contributed by atoms with van der Waals surface area (Å²) >= 11 is 0. The van der Waals surface area contributed by atoms with Crippen molar-refractivity contribution in [1.82, 2.24) is 15.0 Å². The molecular formula is C12H14N4O. The first-order valence-electron chi connectivity index (χ1n) is 5.89. The van der Waals surface area contributed by atoms with E-state index in [9.17, 15) is 4.79 Å². The molecule has 2 aromatic rings. The molecule has 0 saturated heterocycles. The van der Waals surface area contributed by atoms with Crippen LogP contribution in [0, 0.1) is 0 Å². The minimum absolute atomic E-state index is 0.423. The Morgan fingerprint density at radius 2 is 2.18 bits per heavy atom. The summed E-state index contributed by atoms with van der Waals surface area (Å²) < 4.78 is 0. The molecule has 1 fully saturated rings. The summed E-state index contributed by atoms with van der Waals surface area (Å²) in [5, 5.41) is 0. The zero-order chi connectivity index (χ0) is 11.8. The second kappa shape index (κ2) is 3.84. The van der Waals surface area contributed by atoms with Gasteiger partial charge in [0.1, 0.15) is 5.52 Å². The molecule has 0 atom stereocenters. The zero-order valence-corrected chi connectivity index (χ0v) is 9.44. The number of primary amides is 1. The molecule has 3 rings (SSSR count). The van der Waals surface area contributed by atoms with E-state index in [4.69, 9.17) is 5.73 Å². The minimum Gasteiger partial charge on any atom is -0.365 e. The summed E-state index contributed by atoms with van der Waals surface area (Å²) in [6, 6.07) is 0. The third-order valence-electron chi connectivity index (χ3n) is 3.44. The number of nitrogens with zero attached hydrogens (tertiary/aromatic N) is 2. The van der Waals surface area contributed by atoms with E-state index in [0.29, 0.717) is 22.6 Å². The van der Waals surface area contributed by atoms with Crippen LogP contribution < -0.4 is 5.73 Å². The zero-order valence-electron chi connectivity index (χ0n) is 9.44. The predicted molar refractivity (Wildman–Crippen MR) is 63.6 cm³/mol. The molecule has 17 heavy (non-hydrogen) atoms. The summed E-state index contributed by atoms with van der Waals surface area (Å²) in [4.78, 5) is 23.0. The Morgan fingerprint density at radius 1 is 1.41 bits per heavy atom. The number of H-pyrrole nitrogens is 1. The van der Waals surface area contributed by atoms with Crippen molar-refractivity contribution in [2.24, 2.45) is 5.73 Å². The molecule has 0 spiro atoms. The van der Waals surface area contributed by atoms with Crippen LogP contribution in [0.15, 0.2) is 12.4 Å². The van der Waals surface area contributed by atoms with Crippen molar-refractivity contribution in [1.29, 1.82) is 0 Å². The van der Waals surface area contributed by atoms with Gasteiger partial charge in [0.2, 0.25) is 0 Å². The van der Waals surface area contributed by atoms with Crippen LogP contribution in [-0.2, 0) is 0 Å². The highest BCUT2D eigenvalue weighted by atomic mass is 16.1. The predicted octanol–water partition coefficient (Wildman–Crippen LogP) is 1.71. The number of aromatic nitrogens is 3. The summed E-state index contributed by atoms with van der Waals surface area (Å²) in [6.45, 7) is 0. The van der Waals surface area contributed by atoms with Gasteiger partial charge < -0.3 is 10.7 Å². The molecule has 0 unspecified atom stereocenters. The molecule has 0 aliphatic heterocycles. The summed E-state index contributed by atoms with van der Waals surface area (Å²) in [7, 11) is 0. The molecule has 2 aromatic heterocycles. The third-order valence-corrected chi connectivity index (χ3v) is 3.44. The highest BCUT2D eigenvalue weighted by Crippen LogP contribution is 2.33. The number of aromatic amines is 1. The Bertz CT molecular complexity index is 569. The quantitative estimate of drug-likeness (QED) is 0.823. The van der Waals surface area contributed by atoms with Gasteiger partial charge in [-0.15, -0.1) is 0 Å². The van der Waals surface area contributed by atoms with Gasteiger partial charge in [-0.2, -0.15) is 0 Å². The van der Waals surface area contributed by atoms with Crippen molar-refractivity contribution in [2.45, 2.75) is 31.6 Å². The molecule has 1 amide bonds. The van der Waals surface area contributed by atoms with Gasteiger partial charge in [0.05, 0.1) is 17.5 Å². The molecule has 0 aromatic carbocycles. The average Bonchev–Trinajstić information content (AvgIpc) is 2.97. The van der Waals surface area contributed by atoms with E-state index in [1.165, 1.54) is 12.8 Å². The Labute approximate surface area is 98.4 Å². The smallest absolute Gasteiger partial charge is 0.252 e. The normalized spacial score (nSPS) is 16.7. The number of rotatable bonds is 2. The Hall–Kier alpha value is -1.91. The number of nitrogens with two attached hydrogens (primary N) is 1. The first kappa shape index (κ1) is 10.3. The minimum atomic E-state index is -0.464. The van der Waals surface area contributed by atoms with Crippen molar-refractivity contribution in [3.05, 3.63) is 23.7 Å². The number of fused-ring (bicyclic) bond motifs is 1. The maximum atomic E-state index is 11.2. The summed E-state index contributed by atoms with van der Waals surface area (Å²) in [6.07, 6.45) is 8.21. The third kappa shape index (κ3) is 1.67. The highest BCUT2D eigenvalue weighted by Gasteiger charge is 2.20. The standard InChI is InChI=1S/C12H14N4O/c13-11(17)8-5-14-12-10(8)16-9(6-15-12)7-3-1-2-4-7/h5-7H,1-4H2,(H2,13,17)(H,14,15). The number of carbonyl (C=O) groups is 1. The van der Waals surface area contributed by atoms with Crippen molar-refractivity contribution >= 4 is 17.1 Å². The van der Waals surface area contributed by atoms with Gasteiger partial charge in [0, 0.05) is 12.1 Å². The van der Waals surface area contributed by atoms with Gasteiger partial charge >= 0.3 is 0 Å². The fourth-order valence-corrected chi connectivity index (χ4v) is 2.51. The van der Waals surface area contributed by atoms with Gasteiger partial charge in [-0.3, -0.25) is 4.79 Å². The molecule has 1 aliphatic rings. The molecule has 3 N–H and O–H groups in total. The fraction of sp³-hybridized carbons (Fsp3) is 0.417. The van der Waals surface area contributed by atoms with Crippen molar-refractivity contribution in [3.8, 4) is 0 Å². The van der Waals surface area contributed by atoms with Gasteiger partial charge in [-0.1, -0.05) is 12.8 Å². The average molecular weight is 230 g/mol. The van der Waals surface area contributed by atoms with Crippen LogP contribution in [0.3, 0.4) is 0 Å². The lowest BCUT2D eigenvalue weighted by Crippen LogP contribution is -2.11. The molecule has 0 radical (unpaired) electrons. The number of hydrogen-bond acceptors (Lipinski definition) is 3. The van der Waals surface area contributed by atoms with E-state index in [-0.39, 0.29) is 0 Å². The molecule has 2 heterocycles. The topological polar surface area (TPSA) is 84.7 Å². The molecule has 0 bridgehead atoms. The highest BCUT2D eigenvalue weighted by molar-refractivity contribution is 6.03. The monoisotopic (exact) mass is 230 g/mol. The van der Waals surface area contributed by atoms with Gasteiger partial charge in [0.15, 0.2) is 5.65 Å². The maximum absolute atomic E-state index is 11.2.